The number of pyridine rings is 1. The van der Waals surface area contributed by atoms with Crippen molar-refractivity contribution in [3.63, 3.8) is 0 Å². The molecule has 7 heteroatoms. The first-order valence-electron chi connectivity index (χ1n) is 8.25. The molecule has 2 rings (SSSR count). The molecule has 1 aromatic carbocycles. The summed E-state index contributed by atoms with van der Waals surface area (Å²) in [7, 11) is -3.31. The zero-order valence-corrected chi connectivity index (χ0v) is 16.3. The highest BCUT2D eigenvalue weighted by Gasteiger charge is 2.51. The van der Waals surface area contributed by atoms with Gasteiger partial charge in [0.15, 0.2) is 17.4 Å². The summed E-state index contributed by atoms with van der Waals surface area (Å²) >= 11 is 0. The van der Waals surface area contributed by atoms with Gasteiger partial charge in [-0.3, -0.25) is 9.78 Å². The predicted molar refractivity (Wildman–Crippen MR) is 99.2 cm³/mol. The van der Waals surface area contributed by atoms with Crippen molar-refractivity contribution in [3.05, 3.63) is 65.8 Å². The Morgan fingerprint density at radius 3 is 2.38 bits per heavy atom. The van der Waals surface area contributed by atoms with Gasteiger partial charge in [0.05, 0.1) is 0 Å². The molecule has 1 heterocycles. The van der Waals surface area contributed by atoms with Crippen LogP contribution in [0.15, 0.2) is 36.7 Å². The number of hydrogen-bond donors (Lipinski definition) is 1. The van der Waals surface area contributed by atoms with Crippen molar-refractivity contribution in [2.24, 2.45) is 5.73 Å². The average molecular weight is 377 g/mol. The maximum atomic E-state index is 14.9. The number of halogens is 2. The highest BCUT2D eigenvalue weighted by Crippen LogP contribution is 2.39. The summed E-state index contributed by atoms with van der Waals surface area (Å²) in [5.74, 6) is -2.23. The standard InChI is InChI=1S/C19H23F2N2O2Si/c1-19(2,3)26(4,18(22)24)25-17-15(20)8-7-14(16(17)21)6-5-13-9-11-23-12-10-13/h6-12H,5H2,1-4H3,(H2,22,24). The van der Waals surface area contributed by atoms with Crippen molar-refractivity contribution in [1.29, 1.82) is 0 Å². The third kappa shape index (κ3) is 4.09. The molecule has 0 bridgehead atoms. The molecule has 26 heavy (non-hydrogen) atoms. The Balaban J connectivity index is 2.33. The van der Waals surface area contributed by atoms with Gasteiger partial charge < -0.3 is 10.2 Å². The van der Waals surface area contributed by atoms with E-state index in [0.717, 1.165) is 11.6 Å². The van der Waals surface area contributed by atoms with Gasteiger partial charge in [-0.25, -0.2) is 8.78 Å². The molecule has 2 aromatic rings. The second-order valence-corrected chi connectivity index (χ2v) is 11.6. The van der Waals surface area contributed by atoms with Crippen molar-refractivity contribution in [2.75, 3.05) is 0 Å². The van der Waals surface area contributed by atoms with E-state index in [2.05, 4.69) is 4.98 Å². The molecule has 1 radical (unpaired) electrons. The maximum Gasteiger partial charge on any atom is 0.349 e. The lowest BCUT2D eigenvalue weighted by Crippen LogP contribution is -2.57. The molecule has 0 aliphatic heterocycles. The van der Waals surface area contributed by atoms with E-state index >= 15 is 0 Å². The average Bonchev–Trinajstić information content (AvgIpc) is 2.57. The Morgan fingerprint density at radius 1 is 1.23 bits per heavy atom. The van der Waals surface area contributed by atoms with Gasteiger partial charge in [-0.1, -0.05) is 26.8 Å². The van der Waals surface area contributed by atoms with E-state index in [9.17, 15) is 13.6 Å². The first-order valence-corrected chi connectivity index (χ1v) is 10.7. The summed E-state index contributed by atoms with van der Waals surface area (Å²) in [5, 5.41) is -0.630. The minimum absolute atomic E-state index is 0.202. The maximum absolute atomic E-state index is 14.9. The Labute approximate surface area is 153 Å². The predicted octanol–water partition coefficient (Wildman–Crippen LogP) is 4.57. The van der Waals surface area contributed by atoms with Gasteiger partial charge in [0.25, 0.3) is 0 Å². The minimum Gasteiger partial charge on any atom is -0.529 e. The molecule has 1 aromatic heterocycles. The van der Waals surface area contributed by atoms with Crippen molar-refractivity contribution in [3.8, 4) is 5.75 Å². The van der Waals surface area contributed by atoms with Crippen LogP contribution in [0.2, 0.25) is 11.6 Å². The van der Waals surface area contributed by atoms with Crippen LogP contribution in [-0.4, -0.2) is 18.8 Å². The minimum atomic E-state index is -3.31. The molecule has 0 spiro atoms. The molecule has 1 atom stereocenters. The van der Waals surface area contributed by atoms with Crippen LogP contribution in [0.5, 0.6) is 5.75 Å². The highest BCUT2D eigenvalue weighted by atomic mass is 28.4. The van der Waals surface area contributed by atoms with Crippen LogP contribution in [0.4, 0.5) is 13.6 Å². The number of benzene rings is 1. The van der Waals surface area contributed by atoms with Crippen molar-refractivity contribution in [2.45, 2.75) is 38.8 Å². The SMILES string of the molecule is CC(C)(C)[Si](C)(Oc1c(F)ccc([CH]Cc2ccncc2)c1F)C(N)=O. The van der Waals surface area contributed by atoms with Crippen LogP contribution in [0.1, 0.15) is 31.9 Å². The van der Waals surface area contributed by atoms with Crippen LogP contribution in [0, 0.1) is 18.1 Å². The second-order valence-electron chi connectivity index (χ2n) is 7.29. The summed E-state index contributed by atoms with van der Waals surface area (Å²) in [6.45, 7) is 6.90. The number of hydrogen-bond acceptors (Lipinski definition) is 3. The van der Waals surface area contributed by atoms with Crippen molar-refractivity contribution >= 4 is 13.8 Å². The number of carbonyl (C=O) groups excluding carboxylic acids is 1. The lowest BCUT2D eigenvalue weighted by Gasteiger charge is -2.36. The second kappa shape index (κ2) is 7.53. The van der Waals surface area contributed by atoms with Gasteiger partial charge >= 0.3 is 8.32 Å². The fraction of sp³-hybridized carbons (Fsp3) is 0.316. The lowest BCUT2D eigenvalue weighted by molar-refractivity contribution is 0.259. The van der Waals surface area contributed by atoms with Crippen LogP contribution in [0.25, 0.3) is 0 Å². The van der Waals surface area contributed by atoms with Gasteiger partial charge in [-0.05, 0) is 53.8 Å². The van der Waals surface area contributed by atoms with E-state index in [-0.39, 0.29) is 5.56 Å². The Kier molecular flexibility index (Phi) is 5.80. The largest absolute Gasteiger partial charge is 0.529 e. The number of nitrogens with zero attached hydrogens (tertiary/aromatic N) is 1. The number of carbonyl (C=O) groups is 1. The van der Waals surface area contributed by atoms with E-state index in [1.807, 2.05) is 12.1 Å². The smallest absolute Gasteiger partial charge is 0.349 e. The number of primary amides is 1. The molecular formula is C19H23F2N2O2Si. The molecule has 1 amide bonds. The van der Waals surface area contributed by atoms with Gasteiger partial charge in [-0.15, -0.1) is 0 Å². The van der Waals surface area contributed by atoms with Gasteiger partial charge in [0, 0.05) is 12.4 Å². The molecule has 0 saturated heterocycles. The molecule has 0 aliphatic carbocycles. The van der Waals surface area contributed by atoms with Gasteiger partial charge in [0.1, 0.15) is 0 Å². The van der Waals surface area contributed by atoms with Crippen LogP contribution in [-0.2, 0) is 6.42 Å². The molecule has 139 valence electrons. The number of aromatic nitrogens is 1. The summed E-state index contributed by atoms with van der Waals surface area (Å²) in [6, 6.07) is 6.10. The number of rotatable bonds is 6. The topological polar surface area (TPSA) is 65.2 Å². The fourth-order valence-corrected chi connectivity index (χ4v) is 4.06. The van der Waals surface area contributed by atoms with E-state index < -0.39 is 36.3 Å². The van der Waals surface area contributed by atoms with E-state index in [1.54, 1.807) is 46.1 Å². The van der Waals surface area contributed by atoms with E-state index in [1.165, 1.54) is 6.07 Å². The molecule has 0 saturated carbocycles. The molecular weight excluding hydrogens is 354 g/mol. The van der Waals surface area contributed by atoms with E-state index in [0.29, 0.717) is 6.42 Å². The summed E-state index contributed by atoms with van der Waals surface area (Å²) in [4.78, 5) is 15.9. The Bertz CT molecular complexity index is 794. The van der Waals surface area contributed by atoms with Gasteiger partial charge in [0.2, 0.25) is 5.53 Å². The summed E-state index contributed by atoms with van der Waals surface area (Å²) < 4.78 is 34.8. The molecule has 2 N–H and O–H groups in total. The number of nitrogens with two attached hydrogens (primary N) is 1. The summed E-state index contributed by atoms with van der Waals surface area (Å²) in [6.07, 6.45) is 5.38. The molecule has 4 nitrogen and oxygen atoms in total. The number of amides is 1. The van der Waals surface area contributed by atoms with Gasteiger partial charge in [-0.2, -0.15) is 0 Å². The molecule has 1 unspecified atom stereocenters. The Hall–Kier alpha value is -2.28. The molecule has 0 aliphatic rings. The third-order valence-electron chi connectivity index (χ3n) is 4.59. The zero-order valence-electron chi connectivity index (χ0n) is 15.3. The normalized spacial score (nSPS) is 13.9. The van der Waals surface area contributed by atoms with Crippen molar-refractivity contribution < 1.29 is 18.0 Å². The highest BCUT2D eigenvalue weighted by molar-refractivity contribution is 7.02. The van der Waals surface area contributed by atoms with Crippen LogP contribution < -0.4 is 10.2 Å². The Morgan fingerprint density at radius 2 is 1.85 bits per heavy atom. The first-order chi connectivity index (χ1) is 12.1. The monoisotopic (exact) mass is 377 g/mol. The van der Waals surface area contributed by atoms with Crippen LogP contribution in [0.3, 0.4) is 0 Å². The zero-order chi connectivity index (χ0) is 19.5. The lowest BCUT2D eigenvalue weighted by atomic mass is 10.0. The molecule has 0 fully saturated rings. The van der Waals surface area contributed by atoms with Crippen molar-refractivity contribution in [1.82, 2.24) is 4.98 Å². The van der Waals surface area contributed by atoms with E-state index in [4.69, 9.17) is 10.2 Å². The summed E-state index contributed by atoms with van der Waals surface area (Å²) in [5.41, 5.74) is 6.00. The third-order valence-corrected chi connectivity index (χ3v) is 9.01. The van der Waals surface area contributed by atoms with Crippen LogP contribution >= 0.6 is 0 Å². The first kappa shape index (κ1) is 20.0. The fourth-order valence-electron chi connectivity index (χ4n) is 2.32. The quantitative estimate of drug-likeness (QED) is 0.750.